The molecule has 0 saturated carbocycles. The first-order valence-corrected chi connectivity index (χ1v) is 12.0. The molecule has 0 aliphatic carbocycles. The second-order valence-electron chi connectivity index (χ2n) is 10.6. The van der Waals surface area contributed by atoms with Crippen LogP contribution in [-0.2, 0) is 17.6 Å². The molecule has 1 fully saturated rings. The topological polar surface area (TPSA) is 82.4 Å². The first-order chi connectivity index (χ1) is 16.0. The fourth-order valence-corrected chi connectivity index (χ4v) is 5.25. The molecular formula is C28H36N4O2. The number of hydrogen-bond donors (Lipinski definition) is 2. The van der Waals surface area contributed by atoms with E-state index in [-0.39, 0.29) is 5.41 Å². The number of rotatable bonds is 8. The van der Waals surface area contributed by atoms with E-state index in [1.54, 1.807) is 31.6 Å². The number of likely N-dealkylation sites (tertiary alicyclic amines) is 1. The molecule has 0 bridgehead atoms. The molecule has 1 aliphatic rings. The Morgan fingerprint density at radius 2 is 1.68 bits per heavy atom. The van der Waals surface area contributed by atoms with E-state index in [0.717, 1.165) is 29.8 Å². The number of nitrogens with zero attached hydrogens (tertiary/aromatic N) is 4. The van der Waals surface area contributed by atoms with Gasteiger partial charge in [0.25, 0.3) is 0 Å². The lowest BCUT2D eigenvalue weighted by Crippen LogP contribution is -2.63. The summed E-state index contributed by atoms with van der Waals surface area (Å²) in [6.07, 6.45) is 7.90. The van der Waals surface area contributed by atoms with Crippen LogP contribution in [0.25, 0.3) is 0 Å². The van der Waals surface area contributed by atoms with Crippen LogP contribution in [0, 0.1) is 5.41 Å². The number of pyridine rings is 1. The lowest BCUT2D eigenvalue weighted by molar-refractivity contribution is -0.127. The van der Waals surface area contributed by atoms with Gasteiger partial charge >= 0.3 is 0 Å². The molecule has 180 valence electrons. The first-order valence-electron chi connectivity index (χ1n) is 12.0. The van der Waals surface area contributed by atoms with Gasteiger partial charge in [0, 0.05) is 48.9 Å². The minimum Gasteiger partial charge on any atom is -0.382 e. The minimum absolute atomic E-state index is 0.342. The number of hydrogen-bond acceptors (Lipinski definition) is 6. The largest absolute Gasteiger partial charge is 0.382 e. The van der Waals surface area contributed by atoms with E-state index >= 15 is 0 Å². The van der Waals surface area contributed by atoms with Crippen molar-refractivity contribution in [2.75, 3.05) is 20.1 Å². The standard InChI is InChI=1S/C28H36N4O2/c1-20(2)22-7-9-23(10-8-22)28(34,26(3)18-32(5)19-26)24-15-21(16-29-17-24)11-12-27(4,33)25-30-13-6-14-31-25/h6-10,13-17,20,33-34H,11-12,18-19H2,1-5H3/t27?,28-/m0/s1. The van der Waals surface area contributed by atoms with Gasteiger partial charge in [0.1, 0.15) is 11.2 Å². The molecule has 0 radical (unpaired) electrons. The van der Waals surface area contributed by atoms with Crippen molar-refractivity contribution in [3.8, 4) is 0 Å². The molecule has 1 saturated heterocycles. The zero-order valence-corrected chi connectivity index (χ0v) is 20.9. The third-order valence-electron chi connectivity index (χ3n) is 7.27. The highest BCUT2D eigenvalue weighted by molar-refractivity contribution is 5.42. The van der Waals surface area contributed by atoms with Crippen molar-refractivity contribution < 1.29 is 10.2 Å². The fraction of sp³-hybridized carbons (Fsp3) is 0.464. The van der Waals surface area contributed by atoms with E-state index in [0.29, 0.717) is 24.6 Å². The lowest BCUT2D eigenvalue weighted by Gasteiger charge is -2.56. The molecule has 2 atom stereocenters. The molecule has 6 heteroatoms. The van der Waals surface area contributed by atoms with Gasteiger partial charge in [-0.1, -0.05) is 45.0 Å². The summed E-state index contributed by atoms with van der Waals surface area (Å²) >= 11 is 0. The van der Waals surface area contributed by atoms with Crippen molar-refractivity contribution in [2.45, 2.75) is 57.7 Å². The Morgan fingerprint density at radius 3 is 2.26 bits per heavy atom. The summed E-state index contributed by atoms with van der Waals surface area (Å²) in [7, 11) is 2.08. The van der Waals surface area contributed by atoms with Crippen LogP contribution in [0.2, 0.25) is 0 Å². The second kappa shape index (κ2) is 9.17. The van der Waals surface area contributed by atoms with Crippen LogP contribution in [0.15, 0.2) is 61.2 Å². The maximum Gasteiger partial charge on any atom is 0.159 e. The normalized spacial score (nSPS) is 19.3. The Balaban J connectivity index is 1.66. The number of aromatic nitrogens is 3. The molecule has 1 aromatic carbocycles. The predicted molar refractivity (Wildman–Crippen MR) is 133 cm³/mol. The Morgan fingerprint density at radius 1 is 1.03 bits per heavy atom. The van der Waals surface area contributed by atoms with Crippen molar-refractivity contribution in [2.24, 2.45) is 5.41 Å². The molecule has 1 unspecified atom stereocenters. The molecule has 4 rings (SSSR count). The van der Waals surface area contributed by atoms with Crippen LogP contribution in [0.4, 0.5) is 0 Å². The third-order valence-corrected chi connectivity index (χ3v) is 7.27. The predicted octanol–water partition coefficient (Wildman–Crippen LogP) is 4.02. The van der Waals surface area contributed by atoms with E-state index in [9.17, 15) is 10.2 Å². The highest BCUT2D eigenvalue weighted by Crippen LogP contribution is 2.50. The average Bonchev–Trinajstić information content (AvgIpc) is 2.82. The maximum atomic E-state index is 12.4. The molecule has 0 amide bonds. The summed E-state index contributed by atoms with van der Waals surface area (Å²) in [5.74, 6) is 0.838. The van der Waals surface area contributed by atoms with Gasteiger partial charge < -0.3 is 15.1 Å². The van der Waals surface area contributed by atoms with Gasteiger partial charge in [-0.25, -0.2) is 9.97 Å². The molecule has 2 aromatic heterocycles. The van der Waals surface area contributed by atoms with Crippen LogP contribution in [-0.4, -0.2) is 50.2 Å². The van der Waals surface area contributed by atoms with Crippen molar-refractivity contribution >= 4 is 0 Å². The van der Waals surface area contributed by atoms with Crippen molar-refractivity contribution in [3.63, 3.8) is 0 Å². The van der Waals surface area contributed by atoms with E-state index in [1.807, 2.05) is 12.3 Å². The number of aliphatic hydroxyl groups is 2. The molecule has 1 aliphatic heterocycles. The Hall–Kier alpha value is -2.67. The summed E-state index contributed by atoms with van der Waals surface area (Å²) in [4.78, 5) is 15.2. The monoisotopic (exact) mass is 460 g/mol. The molecule has 2 N–H and O–H groups in total. The SMILES string of the molecule is CC(C)c1ccc([C@](O)(c2cncc(CCC(C)(O)c3ncccn3)c2)C2(C)CN(C)C2)cc1. The van der Waals surface area contributed by atoms with Crippen molar-refractivity contribution in [1.82, 2.24) is 19.9 Å². The summed E-state index contributed by atoms with van der Waals surface area (Å²) < 4.78 is 0. The van der Waals surface area contributed by atoms with Crippen LogP contribution in [0.1, 0.15) is 68.1 Å². The van der Waals surface area contributed by atoms with E-state index in [4.69, 9.17) is 0 Å². The van der Waals surface area contributed by atoms with Gasteiger partial charge in [-0.05, 0) is 61.6 Å². The zero-order valence-electron chi connectivity index (χ0n) is 20.9. The summed E-state index contributed by atoms with van der Waals surface area (Å²) in [5, 5.41) is 23.3. The molecular weight excluding hydrogens is 424 g/mol. The first kappa shape index (κ1) is 24.5. The van der Waals surface area contributed by atoms with E-state index in [1.165, 1.54) is 5.56 Å². The van der Waals surface area contributed by atoms with Gasteiger partial charge in [0.2, 0.25) is 0 Å². The zero-order chi connectivity index (χ0) is 24.6. The Bertz CT molecular complexity index is 1110. The number of aryl methyl sites for hydroxylation is 1. The van der Waals surface area contributed by atoms with Gasteiger partial charge in [-0.3, -0.25) is 4.98 Å². The van der Waals surface area contributed by atoms with Crippen LogP contribution >= 0.6 is 0 Å². The minimum atomic E-state index is -1.18. The summed E-state index contributed by atoms with van der Waals surface area (Å²) in [5.41, 5.74) is 1.21. The smallest absolute Gasteiger partial charge is 0.159 e. The Kier molecular flexibility index (Phi) is 6.60. The average molecular weight is 461 g/mol. The summed E-state index contributed by atoms with van der Waals surface area (Å²) in [6, 6.07) is 12.1. The maximum absolute atomic E-state index is 12.4. The van der Waals surface area contributed by atoms with E-state index < -0.39 is 11.2 Å². The molecule has 3 heterocycles. The van der Waals surface area contributed by atoms with Crippen LogP contribution < -0.4 is 0 Å². The van der Waals surface area contributed by atoms with E-state index in [2.05, 4.69) is 71.9 Å². The van der Waals surface area contributed by atoms with Gasteiger partial charge in [-0.2, -0.15) is 0 Å². The van der Waals surface area contributed by atoms with Crippen LogP contribution in [0.5, 0.6) is 0 Å². The van der Waals surface area contributed by atoms with Gasteiger partial charge in [0.15, 0.2) is 5.82 Å². The lowest BCUT2D eigenvalue weighted by atomic mass is 9.62. The van der Waals surface area contributed by atoms with Gasteiger partial charge in [-0.15, -0.1) is 0 Å². The molecule has 34 heavy (non-hydrogen) atoms. The van der Waals surface area contributed by atoms with Crippen molar-refractivity contribution in [1.29, 1.82) is 0 Å². The Labute approximate surface area is 202 Å². The van der Waals surface area contributed by atoms with Gasteiger partial charge in [0.05, 0.1) is 0 Å². The highest BCUT2D eigenvalue weighted by atomic mass is 16.3. The molecule has 3 aromatic rings. The van der Waals surface area contributed by atoms with Crippen LogP contribution in [0.3, 0.4) is 0 Å². The molecule has 0 spiro atoms. The van der Waals surface area contributed by atoms with Crippen molar-refractivity contribution in [3.05, 3.63) is 89.3 Å². The highest BCUT2D eigenvalue weighted by Gasteiger charge is 2.55. The second-order valence-corrected chi connectivity index (χ2v) is 10.6. The number of benzene rings is 1. The summed E-state index contributed by atoms with van der Waals surface area (Å²) in [6.45, 7) is 9.81. The fourth-order valence-electron chi connectivity index (χ4n) is 5.25. The quantitative estimate of drug-likeness (QED) is 0.528. The molecule has 6 nitrogen and oxygen atoms in total. The third kappa shape index (κ3) is 4.50.